The molecule has 1 saturated carbocycles. The quantitative estimate of drug-likeness (QED) is 0.895. The lowest BCUT2D eigenvalue weighted by atomic mass is 9.76. The van der Waals surface area contributed by atoms with E-state index in [0.29, 0.717) is 23.6 Å². The number of amides is 1. The molecule has 4 nitrogen and oxygen atoms in total. The molecular weight excluding hydrogens is 262 g/mol. The summed E-state index contributed by atoms with van der Waals surface area (Å²) in [6.07, 6.45) is 2.90. The smallest absolute Gasteiger partial charge is 0.329 e. The first-order chi connectivity index (χ1) is 8.94. The molecule has 1 aromatic heterocycles. The molecule has 0 bridgehead atoms. The normalized spacial score (nSPS) is 26.9. The Morgan fingerprint density at radius 3 is 2.79 bits per heavy atom. The molecule has 0 radical (unpaired) electrons. The lowest BCUT2D eigenvalue weighted by Crippen LogP contribution is -2.56. The Labute approximate surface area is 116 Å². The molecule has 1 heterocycles. The van der Waals surface area contributed by atoms with E-state index in [2.05, 4.69) is 5.32 Å². The van der Waals surface area contributed by atoms with E-state index in [-0.39, 0.29) is 5.91 Å². The third-order valence-corrected chi connectivity index (χ3v) is 4.84. The summed E-state index contributed by atoms with van der Waals surface area (Å²) < 4.78 is 0. The summed E-state index contributed by atoms with van der Waals surface area (Å²) in [6, 6.07) is 1.87. The van der Waals surface area contributed by atoms with Crippen molar-refractivity contribution in [2.75, 3.05) is 0 Å². The number of carbonyl (C=O) groups is 2. The molecule has 104 valence electrons. The first-order valence-corrected chi connectivity index (χ1v) is 7.42. The summed E-state index contributed by atoms with van der Waals surface area (Å²) in [5.74, 6) is -0.847. The van der Waals surface area contributed by atoms with E-state index in [1.54, 1.807) is 0 Å². The van der Waals surface area contributed by atoms with Gasteiger partial charge < -0.3 is 10.4 Å². The number of hydrogen-bond donors (Lipinski definition) is 2. The molecule has 0 aromatic carbocycles. The fraction of sp³-hybridized carbons (Fsp3) is 0.571. The van der Waals surface area contributed by atoms with Gasteiger partial charge in [0, 0.05) is 0 Å². The Kier molecular flexibility index (Phi) is 3.94. The van der Waals surface area contributed by atoms with Crippen molar-refractivity contribution in [3.8, 4) is 0 Å². The summed E-state index contributed by atoms with van der Waals surface area (Å²) in [4.78, 5) is 24.5. The molecule has 1 fully saturated rings. The van der Waals surface area contributed by atoms with Gasteiger partial charge in [-0.05, 0) is 42.7 Å². The number of nitrogens with one attached hydrogen (secondary N) is 1. The van der Waals surface area contributed by atoms with E-state index in [1.165, 1.54) is 11.3 Å². The summed E-state index contributed by atoms with van der Waals surface area (Å²) in [7, 11) is 0. The van der Waals surface area contributed by atoms with Gasteiger partial charge in [0.1, 0.15) is 5.54 Å². The van der Waals surface area contributed by atoms with Crippen LogP contribution in [0.25, 0.3) is 0 Å². The number of rotatable bonds is 3. The predicted octanol–water partition coefficient (Wildman–Crippen LogP) is 2.82. The minimum atomic E-state index is -1.09. The molecular formula is C14H19NO3S. The molecule has 5 heteroatoms. The van der Waals surface area contributed by atoms with Crippen LogP contribution in [0.5, 0.6) is 0 Å². The fourth-order valence-corrected chi connectivity index (χ4v) is 3.61. The molecule has 0 saturated heterocycles. The van der Waals surface area contributed by atoms with Crippen LogP contribution < -0.4 is 5.32 Å². The molecule has 2 atom stereocenters. The SMILES string of the molecule is Cc1ccsc1C(=O)NC1(C(=O)O)CCCC(C)C1. The van der Waals surface area contributed by atoms with Gasteiger partial charge in [0.2, 0.25) is 0 Å². The first kappa shape index (κ1) is 14.1. The van der Waals surface area contributed by atoms with E-state index in [0.717, 1.165) is 18.4 Å². The number of carboxylic acids is 1. The second-order valence-electron chi connectivity index (χ2n) is 5.48. The topological polar surface area (TPSA) is 66.4 Å². The Bertz CT molecular complexity index is 497. The van der Waals surface area contributed by atoms with Crippen LogP contribution in [0.15, 0.2) is 11.4 Å². The van der Waals surface area contributed by atoms with Gasteiger partial charge in [-0.15, -0.1) is 11.3 Å². The standard InChI is InChI=1S/C14H19NO3S/c1-9-4-3-6-14(8-9,13(17)18)15-12(16)11-10(2)5-7-19-11/h5,7,9H,3-4,6,8H2,1-2H3,(H,15,16)(H,17,18). The number of carbonyl (C=O) groups excluding carboxylic acids is 1. The third-order valence-electron chi connectivity index (χ3n) is 3.83. The number of thiophene rings is 1. The van der Waals surface area contributed by atoms with Gasteiger partial charge in [0.15, 0.2) is 0 Å². The largest absolute Gasteiger partial charge is 0.480 e. The zero-order chi connectivity index (χ0) is 14.0. The molecule has 1 aromatic rings. The van der Waals surface area contributed by atoms with Crippen LogP contribution in [-0.4, -0.2) is 22.5 Å². The highest BCUT2D eigenvalue weighted by molar-refractivity contribution is 7.12. The zero-order valence-electron chi connectivity index (χ0n) is 11.2. The van der Waals surface area contributed by atoms with Crippen molar-refractivity contribution < 1.29 is 14.7 Å². The maximum absolute atomic E-state index is 12.2. The second-order valence-corrected chi connectivity index (χ2v) is 6.39. The highest BCUT2D eigenvalue weighted by Gasteiger charge is 2.43. The van der Waals surface area contributed by atoms with Crippen LogP contribution in [0, 0.1) is 12.8 Å². The van der Waals surface area contributed by atoms with Crippen LogP contribution >= 0.6 is 11.3 Å². The van der Waals surface area contributed by atoms with Crippen molar-refractivity contribution in [1.82, 2.24) is 5.32 Å². The monoisotopic (exact) mass is 281 g/mol. The van der Waals surface area contributed by atoms with Crippen molar-refractivity contribution in [2.24, 2.45) is 5.92 Å². The number of carboxylic acid groups (broad SMARTS) is 1. The van der Waals surface area contributed by atoms with Crippen LogP contribution in [0.3, 0.4) is 0 Å². The van der Waals surface area contributed by atoms with Gasteiger partial charge in [0.25, 0.3) is 5.91 Å². The molecule has 2 unspecified atom stereocenters. The maximum Gasteiger partial charge on any atom is 0.329 e. The Balaban J connectivity index is 2.20. The van der Waals surface area contributed by atoms with Crippen molar-refractivity contribution in [2.45, 2.75) is 45.1 Å². The van der Waals surface area contributed by atoms with Gasteiger partial charge in [-0.2, -0.15) is 0 Å². The fourth-order valence-electron chi connectivity index (χ4n) is 2.79. The van der Waals surface area contributed by atoms with E-state index < -0.39 is 11.5 Å². The minimum Gasteiger partial charge on any atom is -0.480 e. The van der Waals surface area contributed by atoms with E-state index in [1.807, 2.05) is 25.3 Å². The van der Waals surface area contributed by atoms with Crippen LogP contribution in [0.1, 0.15) is 47.8 Å². The second kappa shape index (κ2) is 5.33. The molecule has 19 heavy (non-hydrogen) atoms. The Morgan fingerprint density at radius 1 is 1.53 bits per heavy atom. The molecule has 1 aliphatic rings. The Morgan fingerprint density at radius 2 is 2.26 bits per heavy atom. The lowest BCUT2D eigenvalue weighted by molar-refractivity contribution is -0.146. The molecule has 2 N–H and O–H groups in total. The number of aryl methyl sites for hydroxylation is 1. The summed E-state index contributed by atoms with van der Waals surface area (Å²) in [5.41, 5.74) is -0.197. The van der Waals surface area contributed by atoms with Crippen molar-refractivity contribution >= 4 is 23.2 Å². The summed E-state index contributed by atoms with van der Waals surface area (Å²) in [5, 5.41) is 14.1. The van der Waals surface area contributed by atoms with Gasteiger partial charge in [-0.3, -0.25) is 4.79 Å². The average Bonchev–Trinajstić information content (AvgIpc) is 2.75. The van der Waals surface area contributed by atoms with Gasteiger partial charge in [-0.25, -0.2) is 4.79 Å². The number of hydrogen-bond acceptors (Lipinski definition) is 3. The van der Waals surface area contributed by atoms with Gasteiger partial charge in [0.05, 0.1) is 4.88 Å². The third kappa shape index (κ3) is 2.81. The summed E-state index contributed by atoms with van der Waals surface area (Å²) in [6.45, 7) is 3.90. The van der Waals surface area contributed by atoms with E-state index in [9.17, 15) is 14.7 Å². The molecule has 1 aliphatic carbocycles. The average molecular weight is 281 g/mol. The van der Waals surface area contributed by atoms with Gasteiger partial charge >= 0.3 is 5.97 Å². The number of aliphatic carboxylic acids is 1. The zero-order valence-corrected chi connectivity index (χ0v) is 12.0. The van der Waals surface area contributed by atoms with Crippen molar-refractivity contribution in [1.29, 1.82) is 0 Å². The molecule has 2 rings (SSSR count). The lowest BCUT2D eigenvalue weighted by Gasteiger charge is -2.37. The van der Waals surface area contributed by atoms with Crippen LogP contribution in [-0.2, 0) is 4.79 Å². The van der Waals surface area contributed by atoms with E-state index >= 15 is 0 Å². The predicted molar refractivity (Wildman–Crippen MR) is 74.5 cm³/mol. The van der Waals surface area contributed by atoms with Crippen molar-refractivity contribution in [3.63, 3.8) is 0 Å². The minimum absolute atomic E-state index is 0.260. The highest BCUT2D eigenvalue weighted by Crippen LogP contribution is 2.33. The molecule has 0 aliphatic heterocycles. The molecule has 1 amide bonds. The highest BCUT2D eigenvalue weighted by atomic mass is 32.1. The Hall–Kier alpha value is -1.36. The summed E-state index contributed by atoms with van der Waals surface area (Å²) >= 11 is 1.35. The first-order valence-electron chi connectivity index (χ1n) is 6.54. The van der Waals surface area contributed by atoms with Crippen LogP contribution in [0.4, 0.5) is 0 Å². The van der Waals surface area contributed by atoms with Gasteiger partial charge in [-0.1, -0.05) is 19.8 Å². The van der Waals surface area contributed by atoms with E-state index in [4.69, 9.17) is 0 Å². The van der Waals surface area contributed by atoms with Crippen LogP contribution in [0.2, 0.25) is 0 Å². The molecule has 0 spiro atoms. The van der Waals surface area contributed by atoms with Crippen molar-refractivity contribution in [3.05, 3.63) is 21.9 Å². The maximum atomic E-state index is 12.2.